The van der Waals surface area contributed by atoms with Crippen molar-refractivity contribution < 1.29 is 0 Å². The Hall–Kier alpha value is -0.370. The number of nitrogens with two attached hydrogens (primary N) is 1. The van der Waals surface area contributed by atoms with Gasteiger partial charge in [-0.2, -0.15) is 5.10 Å². The quantitative estimate of drug-likeness (QED) is 0.874. The van der Waals surface area contributed by atoms with Crippen molar-refractivity contribution in [3.63, 3.8) is 0 Å². The van der Waals surface area contributed by atoms with E-state index in [-0.39, 0.29) is 11.3 Å². The van der Waals surface area contributed by atoms with E-state index in [1.165, 1.54) is 4.88 Å². The lowest BCUT2D eigenvalue weighted by atomic mass is 10.2. The van der Waals surface area contributed by atoms with Gasteiger partial charge in [-0.1, -0.05) is 11.8 Å². The molecule has 2 rings (SSSR count). The molecule has 0 aliphatic carbocycles. The molecule has 2 N–H and O–H groups in total. The first-order chi connectivity index (χ1) is 8.08. The highest BCUT2D eigenvalue weighted by atomic mass is 79.9. The van der Waals surface area contributed by atoms with E-state index in [0.717, 1.165) is 8.94 Å². The van der Waals surface area contributed by atoms with E-state index >= 15 is 0 Å². The lowest BCUT2D eigenvalue weighted by Gasteiger charge is -2.17. The van der Waals surface area contributed by atoms with Crippen molar-refractivity contribution in [2.24, 2.45) is 12.8 Å². The summed E-state index contributed by atoms with van der Waals surface area (Å²) >= 11 is 6.84. The molecule has 0 bridgehead atoms. The van der Waals surface area contributed by atoms with Crippen LogP contribution in [-0.4, -0.2) is 20.8 Å². The molecule has 0 spiro atoms. The summed E-state index contributed by atoms with van der Waals surface area (Å²) in [6, 6.07) is 4.21. The molecule has 0 amide bonds. The van der Waals surface area contributed by atoms with Gasteiger partial charge in [0.05, 0.1) is 9.04 Å². The van der Waals surface area contributed by atoms with Crippen LogP contribution in [0, 0.1) is 0 Å². The van der Waals surface area contributed by atoms with E-state index in [9.17, 15) is 0 Å². The molecule has 0 saturated heterocycles. The summed E-state index contributed by atoms with van der Waals surface area (Å²) in [4.78, 5) is 5.47. The first kappa shape index (κ1) is 13.1. The summed E-state index contributed by atoms with van der Waals surface area (Å²) < 4.78 is 2.89. The highest BCUT2D eigenvalue weighted by molar-refractivity contribution is 9.11. The maximum absolute atomic E-state index is 6.06. The van der Waals surface area contributed by atoms with Gasteiger partial charge in [0.25, 0.3) is 0 Å². The van der Waals surface area contributed by atoms with Gasteiger partial charge in [-0.3, -0.25) is 0 Å². The van der Waals surface area contributed by atoms with Crippen LogP contribution in [-0.2, 0) is 7.05 Å². The third-order valence-electron chi connectivity index (χ3n) is 2.25. The number of aromatic nitrogens is 3. The van der Waals surface area contributed by atoms with Crippen molar-refractivity contribution in [2.45, 2.75) is 23.4 Å². The van der Waals surface area contributed by atoms with Crippen molar-refractivity contribution in [2.75, 3.05) is 0 Å². The minimum Gasteiger partial charge on any atom is -0.327 e. The number of halogens is 1. The largest absolute Gasteiger partial charge is 0.327 e. The second-order valence-electron chi connectivity index (χ2n) is 3.71. The van der Waals surface area contributed by atoms with Crippen LogP contribution >= 0.6 is 39.0 Å². The van der Waals surface area contributed by atoms with Gasteiger partial charge in [0.2, 0.25) is 0 Å². The zero-order valence-electron chi connectivity index (χ0n) is 9.50. The van der Waals surface area contributed by atoms with Gasteiger partial charge in [0.1, 0.15) is 6.33 Å². The van der Waals surface area contributed by atoms with Crippen molar-refractivity contribution in [1.82, 2.24) is 14.8 Å². The fourth-order valence-corrected chi connectivity index (χ4v) is 4.17. The minimum atomic E-state index is 0.0576. The summed E-state index contributed by atoms with van der Waals surface area (Å²) in [6.45, 7) is 2.02. The zero-order valence-corrected chi connectivity index (χ0v) is 12.7. The van der Waals surface area contributed by atoms with Crippen molar-refractivity contribution >= 4 is 39.0 Å². The Kier molecular flexibility index (Phi) is 4.24. The minimum absolute atomic E-state index is 0.0576. The van der Waals surface area contributed by atoms with E-state index in [1.807, 2.05) is 20.0 Å². The van der Waals surface area contributed by atoms with Crippen LogP contribution in [0.5, 0.6) is 0 Å². The molecule has 0 fully saturated rings. The zero-order chi connectivity index (χ0) is 12.4. The molecule has 4 nitrogen and oxygen atoms in total. The van der Waals surface area contributed by atoms with E-state index in [4.69, 9.17) is 5.73 Å². The molecule has 0 aromatic carbocycles. The molecule has 2 atom stereocenters. The molecular weight excluding hydrogens is 320 g/mol. The van der Waals surface area contributed by atoms with Gasteiger partial charge in [0, 0.05) is 18.0 Å². The van der Waals surface area contributed by atoms with Crippen LogP contribution in [0.15, 0.2) is 27.4 Å². The summed E-state index contributed by atoms with van der Waals surface area (Å²) in [5.74, 6) is 0. The number of rotatable bonds is 4. The van der Waals surface area contributed by atoms with E-state index in [0.29, 0.717) is 0 Å². The fraction of sp³-hybridized carbons (Fsp3) is 0.400. The molecule has 17 heavy (non-hydrogen) atoms. The topological polar surface area (TPSA) is 56.7 Å². The van der Waals surface area contributed by atoms with Crippen LogP contribution < -0.4 is 5.73 Å². The first-order valence-corrected chi connectivity index (χ1v) is 7.58. The van der Waals surface area contributed by atoms with E-state index < -0.39 is 0 Å². The van der Waals surface area contributed by atoms with Crippen LogP contribution in [0.3, 0.4) is 0 Å². The molecule has 0 aliphatic rings. The second kappa shape index (κ2) is 5.51. The molecule has 0 radical (unpaired) electrons. The molecule has 92 valence electrons. The molecule has 0 aliphatic heterocycles. The van der Waals surface area contributed by atoms with Crippen LogP contribution in [0.2, 0.25) is 0 Å². The number of hydrogen-bond donors (Lipinski definition) is 1. The Morgan fingerprint density at radius 1 is 1.53 bits per heavy atom. The Labute approximate surface area is 117 Å². The van der Waals surface area contributed by atoms with Crippen LogP contribution in [0.4, 0.5) is 0 Å². The smallest absolute Gasteiger partial charge is 0.186 e. The van der Waals surface area contributed by atoms with Crippen molar-refractivity contribution in [1.29, 1.82) is 0 Å². The van der Waals surface area contributed by atoms with Gasteiger partial charge >= 0.3 is 0 Å². The maximum atomic E-state index is 6.06. The summed E-state index contributed by atoms with van der Waals surface area (Å²) in [5.41, 5.74) is 6.06. The lowest BCUT2D eigenvalue weighted by molar-refractivity contribution is 0.673. The van der Waals surface area contributed by atoms with Gasteiger partial charge in [0.15, 0.2) is 5.16 Å². The third kappa shape index (κ3) is 3.09. The van der Waals surface area contributed by atoms with Crippen molar-refractivity contribution in [3.05, 3.63) is 27.1 Å². The van der Waals surface area contributed by atoms with Gasteiger partial charge in [-0.15, -0.1) is 11.3 Å². The Morgan fingerprint density at radius 2 is 2.29 bits per heavy atom. The Bertz CT molecular complexity index is 494. The van der Waals surface area contributed by atoms with Gasteiger partial charge in [-0.05, 0) is 35.0 Å². The predicted octanol–water partition coefficient (Wildman–Crippen LogP) is 2.82. The first-order valence-electron chi connectivity index (χ1n) is 5.09. The lowest BCUT2D eigenvalue weighted by Crippen LogP contribution is -2.22. The summed E-state index contributed by atoms with van der Waals surface area (Å²) in [5, 5.41) is 5.15. The predicted molar refractivity (Wildman–Crippen MR) is 75.3 cm³/mol. The Balaban J connectivity index is 2.22. The highest BCUT2D eigenvalue weighted by Crippen LogP contribution is 2.40. The maximum Gasteiger partial charge on any atom is 0.186 e. The molecule has 2 unspecified atom stereocenters. The second-order valence-corrected chi connectivity index (χ2v) is 7.31. The number of thioether (sulfide) groups is 1. The van der Waals surface area contributed by atoms with Crippen molar-refractivity contribution in [3.8, 4) is 0 Å². The van der Waals surface area contributed by atoms with E-state index in [1.54, 1.807) is 34.1 Å². The molecule has 2 heterocycles. The number of thiophene rings is 1. The molecule has 7 heteroatoms. The molecule has 2 aromatic rings. The van der Waals surface area contributed by atoms with Crippen LogP contribution in [0.25, 0.3) is 0 Å². The van der Waals surface area contributed by atoms with E-state index in [2.05, 4.69) is 32.1 Å². The Morgan fingerprint density at radius 3 is 2.76 bits per heavy atom. The highest BCUT2D eigenvalue weighted by Gasteiger charge is 2.21. The normalized spacial score (nSPS) is 14.8. The third-order valence-corrected chi connectivity index (χ3v) is 5.63. The number of aryl methyl sites for hydroxylation is 1. The average Bonchev–Trinajstić information content (AvgIpc) is 2.84. The van der Waals surface area contributed by atoms with Crippen LogP contribution in [0.1, 0.15) is 17.1 Å². The monoisotopic (exact) mass is 332 g/mol. The SMILES string of the molecule is CC(N)C(Sc1ncnn1C)c1ccc(Br)s1. The number of nitrogens with zero attached hydrogens (tertiary/aromatic N) is 3. The van der Waals surface area contributed by atoms with Gasteiger partial charge in [-0.25, -0.2) is 9.67 Å². The standard InChI is InChI=1S/C10H13BrN4S2/c1-6(12)9(7-3-4-8(11)16-7)17-10-13-5-14-15(10)2/h3-6,9H,12H2,1-2H3. The summed E-state index contributed by atoms with van der Waals surface area (Å²) in [6.07, 6.45) is 1.56. The van der Waals surface area contributed by atoms with Gasteiger partial charge < -0.3 is 5.73 Å². The average molecular weight is 333 g/mol. The summed E-state index contributed by atoms with van der Waals surface area (Å²) in [7, 11) is 1.89. The fourth-order valence-electron chi connectivity index (χ4n) is 1.41. The molecule has 2 aromatic heterocycles. The number of hydrogen-bond acceptors (Lipinski definition) is 5. The molecular formula is C10H13BrN4S2. The molecule has 0 saturated carbocycles.